The average Bonchev–Trinajstić information content (AvgIpc) is 2.91. The second-order valence-electron chi connectivity index (χ2n) is 7.09. The quantitative estimate of drug-likeness (QED) is 0.739. The second kappa shape index (κ2) is 8.72. The SMILES string of the molecule is CC(C)(C)OC(=O)NC1CCN(CCCOc2ccc(Br)cc2)C1. The molecule has 1 aromatic rings. The monoisotopic (exact) mass is 398 g/mol. The van der Waals surface area contributed by atoms with Gasteiger partial charge in [0.1, 0.15) is 11.4 Å². The summed E-state index contributed by atoms with van der Waals surface area (Å²) in [6, 6.07) is 8.04. The summed E-state index contributed by atoms with van der Waals surface area (Å²) in [4.78, 5) is 14.1. The number of benzene rings is 1. The van der Waals surface area contributed by atoms with Crippen LogP contribution in [0.3, 0.4) is 0 Å². The molecule has 1 saturated heterocycles. The Balaban J connectivity index is 1.60. The number of carbonyl (C=O) groups excluding carboxylic acids is 1. The lowest BCUT2D eigenvalue weighted by molar-refractivity contribution is 0.0505. The molecule has 1 aromatic carbocycles. The minimum atomic E-state index is -0.452. The van der Waals surface area contributed by atoms with E-state index in [1.807, 2.05) is 45.0 Å². The molecule has 0 radical (unpaired) electrons. The van der Waals surface area contributed by atoms with E-state index in [9.17, 15) is 4.79 Å². The van der Waals surface area contributed by atoms with Crippen LogP contribution in [0.2, 0.25) is 0 Å². The van der Waals surface area contributed by atoms with Gasteiger partial charge in [-0.25, -0.2) is 4.79 Å². The molecule has 0 bridgehead atoms. The zero-order valence-corrected chi connectivity index (χ0v) is 16.3. The fraction of sp³-hybridized carbons (Fsp3) is 0.611. The summed E-state index contributed by atoms with van der Waals surface area (Å²) in [5.74, 6) is 0.893. The van der Waals surface area contributed by atoms with E-state index in [0.29, 0.717) is 6.61 Å². The van der Waals surface area contributed by atoms with Crippen molar-refractivity contribution in [1.82, 2.24) is 10.2 Å². The normalized spacial score (nSPS) is 18.4. The molecule has 0 aromatic heterocycles. The molecule has 2 rings (SSSR count). The number of halogens is 1. The molecule has 1 aliphatic rings. The number of hydrogen-bond donors (Lipinski definition) is 1. The first-order valence-corrected chi connectivity index (χ1v) is 9.21. The highest BCUT2D eigenvalue weighted by molar-refractivity contribution is 9.10. The van der Waals surface area contributed by atoms with Gasteiger partial charge in [0.15, 0.2) is 0 Å². The third-order valence-electron chi connectivity index (χ3n) is 3.69. The van der Waals surface area contributed by atoms with Gasteiger partial charge in [-0.05, 0) is 57.9 Å². The summed E-state index contributed by atoms with van der Waals surface area (Å²) in [6.07, 6.45) is 1.61. The molecule has 1 atom stereocenters. The van der Waals surface area contributed by atoms with Crippen LogP contribution in [0.4, 0.5) is 4.79 Å². The number of hydrogen-bond acceptors (Lipinski definition) is 4. The molecule has 1 heterocycles. The van der Waals surface area contributed by atoms with E-state index in [4.69, 9.17) is 9.47 Å². The minimum absolute atomic E-state index is 0.173. The summed E-state index contributed by atoms with van der Waals surface area (Å²) < 4.78 is 12.1. The Morgan fingerprint density at radius 2 is 2.04 bits per heavy atom. The molecule has 24 heavy (non-hydrogen) atoms. The van der Waals surface area contributed by atoms with Crippen molar-refractivity contribution in [2.45, 2.75) is 45.3 Å². The molecular formula is C18H27BrN2O3. The lowest BCUT2D eigenvalue weighted by Crippen LogP contribution is -2.40. The zero-order valence-electron chi connectivity index (χ0n) is 14.7. The zero-order chi connectivity index (χ0) is 17.6. The van der Waals surface area contributed by atoms with Crippen molar-refractivity contribution in [2.75, 3.05) is 26.2 Å². The standard InChI is InChI=1S/C18H27BrN2O3/c1-18(2,3)24-17(22)20-15-9-11-21(13-15)10-4-12-23-16-7-5-14(19)6-8-16/h5-8,15H,4,9-13H2,1-3H3,(H,20,22). The van der Waals surface area contributed by atoms with E-state index in [0.717, 1.165) is 42.7 Å². The number of nitrogens with one attached hydrogen (secondary N) is 1. The van der Waals surface area contributed by atoms with Gasteiger partial charge in [-0.1, -0.05) is 15.9 Å². The predicted octanol–water partition coefficient (Wildman–Crippen LogP) is 3.82. The van der Waals surface area contributed by atoms with E-state index in [2.05, 4.69) is 26.1 Å². The predicted molar refractivity (Wildman–Crippen MR) is 98.5 cm³/mol. The molecule has 1 fully saturated rings. The van der Waals surface area contributed by atoms with Crippen LogP contribution >= 0.6 is 15.9 Å². The first-order chi connectivity index (χ1) is 11.3. The van der Waals surface area contributed by atoms with E-state index in [-0.39, 0.29) is 12.1 Å². The van der Waals surface area contributed by atoms with Gasteiger partial charge in [0.2, 0.25) is 0 Å². The Hall–Kier alpha value is -1.27. The Morgan fingerprint density at radius 3 is 2.71 bits per heavy atom. The maximum absolute atomic E-state index is 11.8. The Bertz CT molecular complexity index is 528. The van der Waals surface area contributed by atoms with E-state index < -0.39 is 5.60 Å². The smallest absolute Gasteiger partial charge is 0.407 e. The average molecular weight is 399 g/mol. The first-order valence-electron chi connectivity index (χ1n) is 8.42. The third kappa shape index (κ3) is 7.09. The number of nitrogens with zero attached hydrogens (tertiary/aromatic N) is 1. The van der Waals surface area contributed by atoms with Crippen LogP contribution in [0, 0.1) is 0 Å². The van der Waals surface area contributed by atoms with Gasteiger partial charge in [0.05, 0.1) is 6.61 Å². The summed E-state index contributed by atoms with van der Waals surface area (Å²) >= 11 is 3.41. The molecule has 1 aliphatic heterocycles. The maximum Gasteiger partial charge on any atom is 0.407 e. The van der Waals surface area contributed by atoms with E-state index in [1.165, 1.54) is 0 Å². The molecule has 6 heteroatoms. The molecule has 5 nitrogen and oxygen atoms in total. The first kappa shape index (κ1) is 19.1. The number of rotatable bonds is 6. The molecule has 1 amide bonds. The van der Waals surface area contributed by atoms with Gasteiger partial charge >= 0.3 is 6.09 Å². The number of likely N-dealkylation sites (tertiary alicyclic amines) is 1. The summed E-state index contributed by atoms with van der Waals surface area (Å²) in [6.45, 7) is 9.17. The lowest BCUT2D eigenvalue weighted by Gasteiger charge is -2.22. The van der Waals surface area contributed by atoms with Crippen molar-refractivity contribution < 1.29 is 14.3 Å². The van der Waals surface area contributed by atoms with Crippen LogP contribution in [0.25, 0.3) is 0 Å². The number of alkyl carbamates (subject to hydrolysis) is 1. The molecule has 1 unspecified atom stereocenters. The molecule has 0 saturated carbocycles. The van der Waals surface area contributed by atoms with Crippen molar-refractivity contribution in [2.24, 2.45) is 0 Å². The van der Waals surface area contributed by atoms with E-state index >= 15 is 0 Å². The summed E-state index contributed by atoms with van der Waals surface area (Å²) in [5, 5.41) is 2.95. The number of ether oxygens (including phenoxy) is 2. The topological polar surface area (TPSA) is 50.8 Å². The highest BCUT2D eigenvalue weighted by Crippen LogP contribution is 2.16. The summed E-state index contributed by atoms with van der Waals surface area (Å²) in [5.41, 5.74) is -0.452. The van der Waals surface area contributed by atoms with Gasteiger partial charge < -0.3 is 19.7 Å². The van der Waals surface area contributed by atoms with E-state index in [1.54, 1.807) is 0 Å². The van der Waals surface area contributed by atoms with Crippen LogP contribution in [-0.4, -0.2) is 48.9 Å². The van der Waals surface area contributed by atoms with Crippen molar-refractivity contribution in [1.29, 1.82) is 0 Å². The fourth-order valence-electron chi connectivity index (χ4n) is 2.64. The Labute approximate surface area is 152 Å². The molecule has 0 spiro atoms. The van der Waals surface area contributed by atoms with Crippen molar-refractivity contribution in [3.63, 3.8) is 0 Å². The lowest BCUT2D eigenvalue weighted by atomic mass is 10.2. The highest BCUT2D eigenvalue weighted by atomic mass is 79.9. The minimum Gasteiger partial charge on any atom is -0.494 e. The third-order valence-corrected chi connectivity index (χ3v) is 4.22. The molecule has 1 N–H and O–H groups in total. The van der Waals surface area contributed by atoms with Gasteiger partial charge in [0, 0.05) is 30.1 Å². The van der Waals surface area contributed by atoms with Gasteiger partial charge in [-0.3, -0.25) is 0 Å². The highest BCUT2D eigenvalue weighted by Gasteiger charge is 2.25. The van der Waals surface area contributed by atoms with Crippen LogP contribution in [0.15, 0.2) is 28.7 Å². The van der Waals surface area contributed by atoms with Crippen LogP contribution < -0.4 is 10.1 Å². The van der Waals surface area contributed by atoms with Gasteiger partial charge in [0.25, 0.3) is 0 Å². The van der Waals surface area contributed by atoms with Crippen molar-refractivity contribution in [3.8, 4) is 5.75 Å². The molecule has 134 valence electrons. The molecular weight excluding hydrogens is 372 g/mol. The van der Waals surface area contributed by atoms with Crippen LogP contribution in [0.5, 0.6) is 5.75 Å². The van der Waals surface area contributed by atoms with Gasteiger partial charge in [-0.15, -0.1) is 0 Å². The largest absolute Gasteiger partial charge is 0.494 e. The van der Waals surface area contributed by atoms with Crippen molar-refractivity contribution >= 4 is 22.0 Å². The number of carbonyl (C=O) groups is 1. The van der Waals surface area contributed by atoms with Crippen molar-refractivity contribution in [3.05, 3.63) is 28.7 Å². The van der Waals surface area contributed by atoms with Crippen LogP contribution in [-0.2, 0) is 4.74 Å². The second-order valence-corrected chi connectivity index (χ2v) is 8.00. The Kier molecular flexibility index (Phi) is 6.92. The maximum atomic E-state index is 11.8. The Morgan fingerprint density at radius 1 is 1.33 bits per heavy atom. The van der Waals surface area contributed by atoms with Gasteiger partial charge in [-0.2, -0.15) is 0 Å². The number of amides is 1. The van der Waals surface area contributed by atoms with Crippen LogP contribution in [0.1, 0.15) is 33.6 Å². The molecule has 0 aliphatic carbocycles. The summed E-state index contributed by atoms with van der Waals surface area (Å²) in [7, 11) is 0. The fourth-order valence-corrected chi connectivity index (χ4v) is 2.90.